The Kier molecular flexibility index (Phi) is 32.2. The summed E-state index contributed by atoms with van der Waals surface area (Å²) < 4.78 is 0. The number of terminal acetylenes is 1. The molecule has 70 valence electrons. The van der Waals surface area contributed by atoms with Crippen LogP contribution in [0.4, 0.5) is 0 Å². The summed E-state index contributed by atoms with van der Waals surface area (Å²) in [6, 6.07) is 0. The van der Waals surface area contributed by atoms with E-state index in [4.69, 9.17) is 0 Å². The smallest absolute Gasteiger partial charge is 0.0310 e. The van der Waals surface area contributed by atoms with Gasteiger partial charge in [-0.15, -0.1) is 12.3 Å². The minimum absolute atomic E-state index is 1.07. The highest BCUT2D eigenvalue weighted by molar-refractivity contribution is 5.92. The molecule has 0 aromatic heterocycles. The van der Waals surface area contributed by atoms with Crippen molar-refractivity contribution in [1.82, 2.24) is 0 Å². The van der Waals surface area contributed by atoms with E-state index in [0.29, 0.717) is 0 Å². The van der Waals surface area contributed by atoms with Crippen molar-refractivity contribution >= 4 is 5.71 Å². The monoisotopic (exact) mass is 167 g/mol. The summed E-state index contributed by atoms with van der Waals surface area (Å²) in [6.45, 7) is 9.61. The molecule has 0 saturated carbocycles. The van der Waals surface area contributed by atoms with E-state index in [2.05, 4.69) is 17.3 Å². The van der Waals surface area contributed by atoms with E-state index >= 15 is 0 Å². The Morgan fingerprint density at radius 3 is 1.83 bits per heavy atom. The molecule has 0 aliphatic rings. The first-order valence-electron chi connectivity index (χ1n) is 4.16. The SMILES string of the molecule is C#CC.C/C=C\C(C)=NC.CC. The van der Waals surface area contributed by atoms with Gasteiger partial charge in [0.05, 0.1) is 0 Å². The van der Waals surface area contributed by atoms with Crippen LogP contribution in [-0.4, -0.2) is 12.8 Å². The van der Waals surface area contributed by atoms with E-state index in [1.165, 1.54) is 0 Å². The Morgan fingerprint density at radius 2 is 1.75 bits per heavy atom. The molecule has 0 aliphatic carbocycles. The van der Waals surface area contributed by atoms with Crippen molar-refractivity contribution in [3.63, 3.8) is 0 Å². The van der Waals surface area contributed by atoms with E-state index in [0.717, 1.165) is 5.71 Å². The van der Waals surface area contributed by atoms with Gasteiger partial charge in [-0.2, -0.15) is 0 Å². The largest absolute Gasteiger partial charge is 0.293 e. The summed E-state index contributed by atoms with van der Waals surface area (Å²) in [7, 11) is 1.79. The van der Waals surface area contributed by atoms with E-state index in [9.17, 15) is 0 Å². The van der Waals surface area contributed by atoms with E-state index in [1.807, 2.05) is 39.8 Å². The average Bonchev–Trinajstić information content (AvgIpc) is 2.10. The molecule has 0 atom stereocenters. The second-order valence-electron chi connectivity index (χ2n) is 1.65. The fraction of sp³-hybridized carbons (Fsp3) is 0.545. The molecule has 0 fully saturated rings. The number of aliphatic imine (C=N–C) groups is 1. The van der Waals surface area contributed by atoms with Crippen LogP contribution in [0.1, 0.15) is 34.6 Å². The summed E-state index contributed by atoms with van der Waals surface area (Å²) in [5, 5.41) is 0. The first-order valence-corrected chi connectivity index (χ1v) is 4.16. The fourth-order valence-corrected chi connectivity index (χ4v) is 0.316. The van der Waals surface area contributed by atoms with Crippen LogP contribution >= 0.6 is 0 Å². The minimum Gasteiger partial charge on any atom is -0.293 e. The lowest BCUT2D eigenvalue weighted by atomic mass is 10.4. The summed E-state index contributed by atoms with van der Waals surface area (Å²) in [4.78, 5) is 3.91. The fourth-order valence-electron chi connectivity index (χ4n) is 0.316. The zero-order valence-electron chi connectivity index (χ0n) is 9.18. The molecule has 0 unspecified atom stereocenters. The van der Waals surface area contributed by atoms with Crippen molar-refractivity contribution < 1.29 is 0 Å². The molecular weight excluding hydrogens is 146 g/mol. The number of allylic oxidation sites excluding steroid dienone is 2. The van der Waals surface area contributed by atoms with Crippen molar-refractivity contribution in [1.29, 1.82) is 0 Å². The van der Waals surface area contributed by atoms with Gasteiger partial charge in [-0.1, -0.05) is 19.9 Å². The molecule has 0 heterocycles. The highest BCUT2D eigenvalue weighted by Crippen LogP contribution is 1.75. The van der Waals surface area contributed by atoms with Gasteiger partial charge >= 0.3 is 0 Å². The van der Waals surface area contributed by atoms with Crippen molar-refractivity contribution in [3.05, 3.63) is 12.2 Å². The van der Waals surface area contributed by atoms with Crippen LogP contribution in [0.5, 0.6) is 0 Å². The Morgan fingerprint density at radius 1 is 1.42 bits per heavy atom. The first-order chi connectivity index (χ1) is 5.72. The van der Waals surface area contributed by atoms with Gasteiger partial charge in [-0.25, -0.2) is 0 Å². The summed E-state index contributed by atoms with van der Waals surface area (Å²) in [6.07, 6.45) is 8.54. The van der Waals surface area contributed by atoms with Gasteiger partial charge in [0.1, 0.15) is 0 Å². The molecular formula is C11H21N. The average molecular weight is 167 g/mol. The van der Waals surface area contributed by atoms with Crippen LogP contribution in [0.3, 0.4) is 0 Å². The molecule has 0 aromatic carbocycles. The highest BCUT2D eigenvalue weighted by Gasteiger charge is 1.71. The van der Waals surface area contributed by atoms with Gasteiger partial charge in [0.2, 0.25) is 0 Å². The zero-order valence-corrected chi connectivity index (χ0v) is 9.18. The van der Waals surface area contributed by atoms with E-state index < -0.39 is 0 Å². The number of nitrogens with zero attached hydrogens (tertiary/aromatic N) is 1. The predicted molar refractivity (Wildman–Crippen MR) is 59.7 cm³/mol. The Labute approximate surface area is 77.6 Å². The van der Waals surface area contributed by atoms with Crippen LogP contribution in [0.2, 0.25) is 0 Å². The molecule has 0 aliphatic heterocycles. The van der Waals surface area contributed by atoms with Crippen LogP contribution in [0, 0.1) is 12.3 Å². The van der Waals surface area contributed by atoms with Crippen molar-refractivity contribution in [2.24, 2.45) is 4.99 Å². The van der Waals surface area contributed by atoms with Crippen LogP contribution in [0.15, 0.2) is 17.1 Å². The van der Waals surface area contributed by atoms with Gasteiger partial charge in [0, 0.05) is 12.8 Å². The van der Waals surface area contributed by atoms with E-state index in [1.54, 1.807) is 14.0 Å². The second-order valence-corrected chi connectivity index (χ2v) is 1.65. The summed E-state index contributed by atoms with van der Waals surface area (Å²) in [5.74, 6) is 2.25. The Hall–Kier alpha value is -1.03. The summed E-state index contributed by atoms with van der Waals surface area (Å²) in [5.41, 5.74) is 1.07. The maximum absolute atomic E-state index is 4.60. The van der Waals surface area contributed by atoms with Gasteiger partial charge in [0.15, 0.2) is 0 Å². The molecule has 0 rings (SSSR count). The van der Waals surface area contributed by atoms with Gasteiger partial charge in [-0.3, -0.25) is 4.99 Å². The standard InChI is InChI=1S/C6H11N.C3H4.C2H6/c1-4-5-6(2)7-3;1-3-2;1-2/h4-5H,1-3H3;1H,2H3;1-2H3/b5-4-,7-6?;;. The molecule has 1 nitrogen and oxygen atoms in total. The van der Waals surface area contributed by atoms with Crippen molar-refractivity contribution in [3.8, 4) is 12.3 Å². The molecule has 12 heavy (non-hydrogen) atoms. The van der Waals surface area contributed by atoms with Gasteiger partial charge in [-0.05, 0) is 26.8 Å². The predicted octanol–water partition coefficient (Wildman–Crippen LogP) is 3.32. The lowest BCUT2D eigenvalue weighted by Crippen LogP contribution is -1.79. The van der Waals surface area contributed by atoms with Crippen molar-refractivity contribution in [2.75, 3.05) is 7.05 Å². The number of rotatable bonds is 1. The first kappa shape index (κ1) is 17.2. The Bertz CT molecular complexity index is 147. The third kappa shape index (κ3) is 36.2. The lowest BCUT2D eigenvalue weighted by Gasteiger charge is -1.80. The quantitative estimate of drug-likeness (QED) is 0.419. The summed E-state index contributed by atoms with van der Waals surface area (Å²) >= 11 is 0. The molecule has 0 spiro atoms. The maximum Gasteiger partial charge on any atom is 0.0310 e. The van der Waals surface area contributed by atoms with Crippen LogP contribution < -0.4 is 0 Å². The van der Waals surface area contributed by atoms with Crippen LogP contribution in [-0.2, 0) is 0 Å². The maximum atomic E-state index is 4.60. The topological polar surface area (TPSA) is 12.4 Å². The third-order valence-corrected chi connectivity index (χ3v) is 0.761. The lowest BCUT2D eigenvalue weighted by molar-refractivity contribution is 1.43. The van der Waals surface area contributed by atoms with Gasteiger partial charge < -0.3 is 0 Å². The molecule has 0 bridgehead atoms. The highest BCUT2D eigenvalue weighted by atomic mass is 14.7. The third-order valence-electron chi connectivity index (χ3n) is 0.761. The van der Waals surface area contributed by atoms with Gasteiger partial charge in [0.25, 0.3) is 0 Å². The van der Waals surface area contributed by atoms with E-state index in [-0.39, 0.29) is 0 Å². The molecule has 1 heteroatoms. The number of hydrogen-bond acceptors (Lipinski definition) is 1. The second kappa shape index (κ2) is 22.5. The Balaban J connectivity index is -0.000000137. The zero-order chi connectivity index (χ0) is 10.4. The van der Waals surface area contributed by atoms with Crippen LogP contribution in [0.25, 0.3) is 0 Å². The minimum atomic E-state index is 1.07. The molecule has 0 aromatic rings. The number of hydrogen-bond donors (Lipinski definition) is 0. The molecule has 0 radical (unpaired) electrons. The molecule has 0 N–H and O–H groups in total. The molecule has 0 saturated heterocycles. The van der Waals surface area contributed by atoms with Crippen molar-refractivity contribution in [2.45, 2.75) is 34.6 Å². The molecule has 0 amide bonds. The normalized spacial score (nSPS) is 8.92.